The van der Waals surface area contributed by atoms with Crippen molar-refractivity contribution < 1.29 is 19.1 Å². The number of aryl methyl sites for hydroxylation is 1. The van der Waals surface area contributed by atoms with E-state index in [1.165, 1.54) is 24.9 Å². The highest BCUT2D eigenvalue weighted by molar-refractivity contribution is 7.99. The average Bonchev–Trinajstić information content (AvgIpc) is 2.91. The van der Waals surface area contributed by atoms with Crippen LogP contribution in [0.15, 0.2) is 82.7 Å². The second kappa shape index (κ2) is 11.0. The van der Waals surface area contributed by atoms with Crippen LogP contribution in [-0.2, 0) is 17.7 Å². The molecular formula is C27H24N2O5S. The van der Waals surface area contributed by atoms with Gasteiger partial charge in [0.2, 0.25) is 0 Å². The van der Waals surface area contributed by atoms with Crippen LogP contribution in [0.1, 0.15) is 26.3 Å². The Morgan fingerprint density at radius 2 is 1.74 bits per heavy atom. The molecule has 0 bridgehead atoms. The summed E-state index contributed by atoms with van der Waals surface area (Å²) in [7, 11) is 2.85. The quantitative estimate of drug-likeness (QED) is 0.149. The van der Waals surface area contributed by atoms with E-state index < -0.39 is 5.97 Å². The number of rotatable bonds is 9. The highest BCUT2D eigenvalue weighted by atomic mass is 32.2. The molecule has 1 aromatic heterocycles. The standard InChI is InChI=1S/C27H24N2O5S/c1-33-21-10-6-9-19(15-21)24(30)17-35-27-28-23-16-20(26(32)34-2)11-12-22(23)25(31)29(27)14-13-18-7-4-3-5-8-18/h3-12,15-16H,13-14,17H2,1-2H3. The van der Waals surface area contributed by atoms with Crippen molar-refractivity contribution in [1.29, 1.82) is 0 Å². The molecule has 0 aliphatic heterocycles. The topological polar surface area (TPSA) is 87.5 Å². The number of ketones is 1. The summed E-state index contributed by atoms with van der Waals surface area (Å²) in [6.45, 7) is 0.403. The van der Waals surface area contributed by atoms with Gasteiger partial charge >= 0.3 is 5.97 Å². The van der Waals surface area contributed by atoms with Crippen LogP contribution in [0.3, 0.4) is 0 Å². The maximum Gasteiger partial charge on any atom is 0.337 e. The van der Waals surface area contributed by atoms with Crippen LogP contribution in [0.2, 0.25) is 0 Å². The molecule has 0 amide bonds. The van der Waals surface area contributed by atoms with Gasteiger partial charge in [0.15, 0.2) is 10.9 Å². The summed E-state index contributed by atoms with van der Waals surface area (Å²) >= 11 is 1.19. The lowest BCUT2D eigenvalue weighted by Gasteiger charge is -2.14. The minimum absolute atomic E-state index is 0.0904. The summed E-state index contributed by atoms with van der Waals surface area (Å²) in [5.41, 5.74) is 2.06. The number of Topliss-reactive ketones (excluding diaryl/α,β-unsaturated/α-hetero) is 1. The number of hydrogen-bond donors (Lipinski definition) is 0. The first-order valence-corrected chi connectivity index (χ1v) is 12.0. The molecule has 0 spiro atoms. The van der Waals surface area contributed by atoms with Gasteiger partial charge in [-0.15, -0.1) is 0 Å². The Balaban J connectivity index is 1.68. The number of benzene rings is 3. The van der Waals surface area contributed by atoms with Crippen molar-refractivity contribution in [3.8, 4) is 5.75 Å². The second-order valence-electron chi connectivity index (χ2n) is 7.75. The third-order valence-corrected chi connectivity index (χ3v) is 6.51. The average molecular weight is 489 g/mol. The first-order chi connectivity index (χ1) is 17.0. The molecule has 0 saturated carbocycles. The number of ether oxygens (including phenoxy) is 2. The van der Waals surface area contributed by atoms with Gasteiger partial charge in [-0.05, 0) is 42.3 Å². The highest BCUT2D eigenvalue weighted by Crippen LogP contribution is 2.22. The first-order valence-electron chi connectivity index (χ1n) is 11.0. The number of nitrogens with zero attached hydrogens (tertiary/aromatic N) is 2. The summed E-state index contributed by atoms with van der Waals surface area (Å²) in [5.74, 6) is 0.0676. The Hall–Kier alpha value is -3.91. The third kappa shape index (κ3) is 5.60. The van der Waals surface area contributed by atoms with Gasteiger partial charge in [-0.1, -0.05) is 54.2 Å². The van der Waals surface area contributed by atoms with Gasteiger partial charge in [-0.25, -0.2) is 9.78 Å². The lowest BCUT2D eigenvalue weighted by molar-refractivity contribution is 0.0600. The van der Waals surface area contributed by atoms with Crippen LogP contribution >= 0.6 is 11.8 Å². The molecule has 8 heteroatoms. The van der Waals surface area contributed by atoms with Crippen LogP contribution in [0, 0.1) is 0 Å². The normalized spacial score (nSPS) is 10.8. The van der Waals surface area contributed by atoms with Crippen molar-refractivity contribution in [1.82, 2.24) is 9.55 Å². The molecule has 3 aromatic carbocycles. The molecule has 35 heavy (non-hydrogen) atoms. The summed E-state index contributed by atoms with van der Waals surface area (Å²) in [6.07, 6.45) is 0.631. The number of carbonyl (C=O) groups excluding carboxylic acids is 2. The SMILES string of the molecule is COC(=O)c1ccc2c(=O)n(CCc3ccccc3)c(SCC(=O)c3cccc(OC)c3)nc2c1. The molecule has 0 saturated heterocycles. The molecule has 0 radical (unpaired) electrons. The van der Waals surface area contributed by atoms with Gasteiger partial charge < -0.3 is 9.47 Å². The molecule has 178 valence electrons. The number of aromatic nitrogens is 2. The van der Waals surface area contributed by atoms with E-state index in [-0.39, 0.29) is 17.1 Å². The summed E-state index contributed by atoms with van der Waals surface area (Å²) in [4.78, 5) is 42.9. The maximum absolute atomic E-state index is 13.4. The number of hydrogen-bond acceptors (Lipinski definition) is 7. The Labute approximate surface area is 206 Å². The zero-order chi connectivity index (χ0) is 24.8. The van der Waals surface area contributed by atoms with E-state index in [4.69, 9.17) is 9.47 Å². The number of esters is 1. The van der Waals surface area contributed by atoms with Crippen molar-refractivity contribution in [3.05, 3.63) is 99.8 Å². The van der Waals surface area contributed by atoms with Gasteiger partial charge in [0, 0.05) is 12.1 Å². The minimum atomic E-state index is -0.510. The molecule has 0 fully saturated rings. The fourth-order valence-electron chi connectivity index (χ4n) is 3.65. The van der Waals surface area contributed by atoms with Crippen molar-refractivity contribution in [2.45, 2.75) is 18.1 Å². The first kappa shape index (κ1) is 24.2. The van der Waals surface area contributed by atoms with E-state index in [0.717, 1.165) is 5.56 Å². The molecule has 1 heterocycles. The zero-order valence-corrected chi connectivity index (χ0v) is 20.2. The zero-order valence-electron chi connectivity index (χ0n) is 19.4. The molecule has 4 aromatic rings. The van der Waals surface area contributed by atoms with Gasteiger partial charge in [-0.3, -0.25) is 14.2 Å². The number of thioether (sulfide) groups is 1. The predicted molar refractivity (Wildman–Crippen MR) is 136 cm³/mol. The molecule has 0 aliphatic rings. The Bertz CT molecular complexity index is 1430. The van der Waals surface area contributed by atoms with E-state index in [1.54, 1.807) is 48.1 Å². The molecule has 7 nitrogen and oxygen atoms in total. The smallest absolute Gasteiger partial charge is 0.337 e. The Kier molecular flexibility index (Phi) is 7.62. The van der Waals surface area contributed by atoms with Gasteiger partial charge in [0.25, 0.3) is 5.56 Å². The van der Waals surface area contributed by atoms with E-state index in [9.17, 15) is 14.4 Å². The van der Waals surface area contributed by atoms with Crippen LogP contribution < -0.4 is 10.3 Å². The Morgan fingerprint density at radius 1 is 0.943 bits per heavy atom. The van der Waals surface area contributed by atoms with E-state index in [1.807, 2.05) is 30.3 Å². The lowest BCUT2D eigenvalue weighted by atomic mass is 10.1. The molecule has 0 unspecified atom stereocenters. The van der Waals surface area contributed by atoms with Gasteiger partial charge in [0.05, 0.1) is 36.4 Å². The lowest BCUT2D eigenvalue weighted by Crippen LogP contribution is -2.25. The van der Waals surface area contributed by atoms with Crippen molar-refractivity contribution in [2.24, 2.45) is 0 Å². The van der Waals surface area contributed by atoms with Crippen molar-refractivity contribution in [2.75, 3.05) is 20.0 Å². The molecular weight excluding hydrogens is 464 g/mol. The summed E-state index contributed by atoms with van der Waals surface area (Å²) in [6, 6.07) is 21.5. The van der Waals surface area contributed by atoms with E-state index in [2.05, 4.69) is 4.98 Å². The summed E-state index contributed by atoms with van der Waals surface area (Å²) < 4.78 is 11.6. The summed E-state index contributed by atoms with van der Waals surface area (Å²) in [5, 5.41) is 0.811. The van der Waals surface area contributed by atoms with Crippen LogP contribution in [0.5, 0.6) is 5.75 Å². The minimum Gasteiger partial charge on any atom is -0.497 e. The van der Waals surface area contributed by atoms with E-state index >= 15 is 0 Å². The van der Waals surface area contributed by atoms with Crippen LogP contribution in [0.4, 0.5) is 0 Å². The fourth-order valence-corrected chi connectivity index (χ4v) is 4.57. The Morgan fingerprint density at radius 3 is 2.49 bits per heavy atom. The van der Waals surface area contributed by atoms with Crippen LogP contribution in [0.25, 0.3) is 10.9 Å². The fraction of sp³-hybridized carbons (Fsp3) is 0.185. The third-order valence-electron chi connectivity index (χ3n) is 5.53. The molecule has 0 N–H and O–H groups in total. The van der Waals surface area contributed by atoms with Crippen molar-refractivity contribution in [3.63, 3.8) is 0 Å². The molecule has 0 atom stereocenters. The second-order valence-corrected chi connectivity index (χ2v) is 8.70. The molecule has 4 rings (SSSR count). The molecule has 0 aliphatic carbocycles. The van der Waals surface area contributed by atoms with Gasteiger partial charge in [-0.2, -0.15) is 0 Å². The number of methoxy groups -OCH3 is 2. The maximum atomic E-state index is 13.4. The largest absolute Gasteiger partial charge is 0.497 e. The van der Waals surface area contributed by atoms with Crippen molar-refractivity contribution >= 4 is 34.4 Å². The number of carbonyl (C=O) groups is 2. The monoisotopic (exact) mass is 488 g/mol. The predicted octanol–water partition coefficient (Wildman–Crippen LogP) is 4.41. The van der Waals surface area contributed by atoms with Gasteiger partial charge in [0.1, 0.15) is 5.75 Å². The van der Waals surface area contributed by atoms with E-state index in [0.29, 0.717) is 45.9 Å². The number of fused-ring (bicyclic) bond motifs is 1. The highest BCUT2D eigenvalue weighted by Gasteiger charge is 2.16. The van der Waals surface area contributed by atoms with Crippen LogP contribution in [-0.4, -0.2) is 41.3 Å².